The zero-order valence-corrected chi connectivity index (χ0v) is 13.4. The molecular formula is C16H20N2O3S. The zero-order chi connectivity index (χ0) is 15.5. The molecule has 0 aromatic carbocycles. The summed E-state index contributed by atoms with van der Waals surface area (Å²) < 4.78 is 8.07. The number of fused-ring (bicyclic) bond motifs is 1. The molecule has 0 saturated heterocycles. The molecule has 2 atom stereocenters. The molecule has 1 aliphatic rings. The lowest BCUT2D eigenvalue weighted by molar-refractivity contribution is -0.131. The van der Waals surface area contributed by atoms with E-state index in [1.165, 1.54) is 30.6 Å². The van der Waals surface area contributed by atoms with Crippen LogP contribution in [0.1, 0.15) is 44.7 Å². The van der Waals surface area contributed by atoms with E-state index in [-0.39, 0.29) is 6.10 Å². The van der Waals surface area contributed by atoms with Gasteiger partial charge in [-0.1, -0.05) is 13.3 Å². The van der Waals surface area contributed by atoms with Crippen LogP contribution in [0.2, 0.25) is 0 Å². The predicted octanol–water partition coefficient (Wildman–Crippen LogP) is 3.84. The first-order valence-corrected chi connectivity index (χ1v) is 8.60. The van der Waals surface area contributed by atoms with Crippen LogP contribution in [0.5, 0.6) is 5.88 Å². The van der Waals surface area contributed by atoms with Gasteiger partial charge >= 0.3 is 5.97 Å². The van der Waals surface area contributed by atoms with Crippen LogP contribution in [0.25, 0.3) is 11.0 Å². The van der Waals surface area contributed by atoms with Gasteiger partial charge < -0.3 is 9.84 Å². The second-order valence-corrected chi connectivity index (χ2v) is 6.51. The van der Waals surface area contributed by atoms with Crippen LogP contribution >= 0.6 is 11.3 Å². The molecule has 5 nitrogen and oxygen atoms in total. The Balaban J connectivity index is 1.90. The zero-order valence-electron chi connectivity index (χ0n) is 12.6. The number of aliphatic carboxylic acids is 1. The topological polar surface area (TPSA) is 63.8 Å². The van der Waals surface area contributed by atoms with E-state index in [4.69, 9.17) is 9.84 Å². The van der Waals surface area contributed by atoms with Crippen molar-refractivity contribution in [3.8, 4) is 5.88 Å². The molecule has 22 heavy (non-hydrogen) atoms. The maximum Gasteiger partial charge on any atom is 0.328 e. The number of nitrogens with zero attached hydrogens (tertiary/aromatic N) is 2. The number of hydrogen-bond acceptors (Lipinski definition) is 4. The Hall–Kier alpha value is -1.82. The highest BCUT2D eigenvalue weighted by molar-refractivity contribution is 7.15. The molecule has 0 aliphatic heterocycles. The molecule has 0 spiro atoms. The summed E-state index contributed by atoms with van der Waals surface area (Å²) in [5.74, 6) is 0.139. The van der Waals surface area contributed by atoms with Crippen LogP contribution in [0, 0.1) is 5.92 Å². The van der Waals surface area contributed by atoms with Gasteiger partial charge in [0, 0.05) is 17.7 Å². The quantitative estimate of drug-likeness (QED) is 0.850. The molecular weight excluding hydrogens is 300 g/mol. The molecule has 1 saturated carbocycles. The fourth-order valence-corrected chi connectivity index (χ4v) is 3.82. The van der Waals surface area contributed by atoms with Crippen LogP contribution in [-0.2, 0) is 4.79 Å². The van der Waals surface area contributed by atoms with Crippen molar-refractivity contribution in [2.45, 2.75) is 45.1 Å². The second kappa shape index (κ2) is 6.52. The third-order valence-corrected chi connectivity index (χ3v) is 5.03. The van der Waals surface area contributed by atoms with Gasteiger partial charge in [-0.15, -0.1) is 11.3 Å². The average Bonchev–Trinajstić information content (AvgIpc) is 3.07. The summed E-state index contributed by atoms with van der Waals surface area (Å²) in [5.41, 5.74) is 0.707. The largest absolute Gasteiger partial charge is 0.478 e. The van der Waals surface area contributed by atoms with Crippen molar-refractivity contribution in [3.05, 3.63) is 23.3 Å². The van der Waals surface area contributed by atoms with Crippen LogP contribution < -0.4 is 4.74 Å². The Morgan fingerprint density at radius 3 is 3.14 bits per heavy atom. The third kappa shape index (κ3) is 3.02. The monoisotopic (exact) mass is 320 g/mol. The van der Waals surface area contributed by atoms with E-state index in [0.717, 1.165) is 23.9 Å². The van der Waals surface area contributed by atoms with Gasteiger partial charge in [-0.25, -0.2) is 4.79 Å². The summed E-state index contributed by atoms with van der Waals surface area (Å²) in [6.45, 7) is 2.20. The first kappa shape index (κ1) is 15.1. The van der Waals surface area contributed by atoms with E-state index in [2.05, 4.69) is 11.9 Å². The van der Waals surface area contributed by atoms with Crippen LogP contribution in [-0.4, -0.2) is 26.6 Å². The number of carbonyl (C=O) groups is 1. The first-order valence-electron chi connectivity index (χ1n) is 7.72. The molecule has 0 radical (unpaired) electrons. The van der Waals surface area contributed by atoms with Gasteiger partial charge in [-0.2, -0.15) is 4.98 Å². The Morgan fingerprint density at radius 1 is 1.55 bits per heavy atom. The number of imidazole rings is 1. The molecule has 6 heteroatoms. The minimum atomic E-state index is -0.972. The van der Waals surface area contributed by atoms with Crippen molar-refractivity contribution in [1.82, 2.24) is 9.38 Å². The predicted molar refractivity (Wildman–Crippen MR) is 86.4 cm³/mol. The van der Waals surface area contributed by atoms with Gasteiger partial charge in [-0.3, -0.25) is 4.40 Å². The van der Waals surface area contributed by atoms with E-state index in [1.807, 2.05) is 16.0 Å². The standard InChI is InChI=1S/C16H20N2O3S/c1-2-11-5-3-4-6-13(11)21-15-12(7-8-14(19)20)18-9-10-22-16(18)17-15/h7-11,13H,2-6H2,1H3,(H,19,20)/b8-7+. The van der Waals surface area contributed by atoms with Crippen LogP contribution in [0.4, 0.5) is 0 Å². The fourth-order valence-electron chi connectivity index (χ4n) is 3.11. The minimum Gasteiger partial charge on any atom is -0.478 e. The molecule has 1 N–H and O–H groups in total. The van der Waals surface area contributed by atoms with Crippen molar-refractivity contribution in [3.63, 3.8) is 0 Å². The molecule has 2 aromatic heterocycles. The summed E-state index contributed by atoms with van der Waals surface area (Å²) in [6, 6.07) is 0. The summed E-state index contributed by atoms with van der Waals surface area (Å²) >= 11 is 1.52. The number of rotatable bonds is 5. The average molecular weight is 320 g/mol. The molecule has 1 aliphatic carbocycles. The van der Waals surface area contributed by atoms with Gasteiger partial charge in [-0.05, 0) is 37.7 Å². The summed E-state index contributed by atoms with van der Waals surface area (Å²) in [5, 5.41) is 10.8. The number of ether oxygens (including phenoxy) is 1. The number of thiazole rings is 1. The highest BCUT2D eigenvalue weighted by atomic mass is 32.1. The van der Waals surface area contributed by atoms with Crippen molar-refractivity contribution in [1.29, 1.82) is 0 Å². The highest BCUT2D eigenvalue weighted by Crippen LogP contribution is 2.32. The molecule has 2 unspecified atom stereocenters. The van der Waals surface area contributed by atoms with Crippen LogP contribution in [0.3, 0.4) is 0 Å². The van der Waals surface area contributed by atoms with Gasteiger partial charge in [0.05, 0.1) is 0 Å². The van der Waals surface area contributed by atoms with E-state index in [9.17, 15) is 4.79 Å². The van der Waals surface area contributed by atoms with E-state index < -0.39 is 5.97 Å². The third-order valence-electron chi connectivity index (χ3n) is 4.28. The van der Waals surface area contributed by atoms with Crippen LogP contribution in [0.15, 0.2) is 17.7 Å². The molecule has 2 heterocycles. The Kier molecular flexibility index (Phi) is 4.47. The van der Waals surface area contributed by atoms with Gasteiger partial charge in [0.1, 0.15) is 11.8 Å². The van der Waals surface area contributed by atoms with E-state index >= 15 is 0 Å². The smallest absolute Gasteiger partial charge is 0.328 e. The number of carboxylic acid groups (broad SMARTS) is 1. The molecule has 118 valence electrons. The van der Waals surface area contributed by atoms with Gasteiger partial charge in [0.2, 0.25) is 5.88 Å². The minimum absolute atomic E-state index is 0.181. The van der Waals surface area contributed by atoms with Crippen molar-refractivity contribution < 1.29 is 14.6 Å². The maximum atomic E-state index is 10.8. The summed E-state index contributed by atoms with van der Waals surface area (Å²) in [4.78, 5) is 16.2. The Bertz CT molecular complexity index is 689. The van der Waals surface area contributed by atoms with Crippen molar-refractivity contribution in [2.75, 3.05) is 0 Å². The number of carboxylic acids is 1. The summed E-state index contributed by atoms with van der Waals surface area (Å²) in [7, 11) is 0. The lowest BCUT2D eigenvalue weighted by Gasteiger charge is -2.30. The van der Waals surface area contributed by atoms with E-state index in [1.54, 1.807) is 6.08 Å². The molecule has 0 bridgehead atoms. The van der Waals surface area contributed by atoms with Crippen molar-refractivity contribution in [2.24, 2.45) is 5.92 Å². The maximum absolute atomic E-state index is 10.8. The van der Waals surface area contributed by atoms with E-state index in [0.29, 0.717) is 17.5 Å². The molecule has 0 amide bonds. The number of aromatic nitrogens is 2. The lowest BCUT2D eigenvalue weighted by atomic mass is 9.85. The molecule has 1 fully saturated rings. The SMILES string of the molecule is CCC1CCCCC1Oc1nc2sccn2c1/C=C/C(=O)O. The fraction of sp³-hybridized carbons (Fsp3) is 0.500. The van der Waals surface area contributed by atoms with Crippen molar-refractivity contribution >= 4 is 28.3 Å². The first-order chi connectivity index (χ1) is 10.7. The Labute approximate surface area is 133 Å². The molecule has 3 rings (SSSR count). The Morgan fingerprint density at radius 2 is 2.36 bits per heavy atom. The number of hydrogen-bond donors (Lipinski definition) is 1. The normalized spacial score (nSPS) is 22.4. The van der Waals surface area contributed by atoms with Gasteiger partial charge in [0.25, 0.3) is 0 Å². The van der Waals surface area contributed by atoms with Gasteiger partial charge in [0.15, 0.2) is 4.96 Å². The molecule has 2 aromatic rings. The summed E-state index contributed by atoms with van der Waals surface area (Å²) in [6.07, 6.45) is 10.6. The lowest BCUT2D eigenvalue weighted by Crippen LogP contribution is -2.30. The second-order valence-electron chi connectivity index (χ2n) is 5.64. The highest BCUT2D eigenvalue weighted by Gasteiger charge is 2.27.